The van der Waals surface area contributed by atoms with Gasteiger partial charge in [-0.2, -0.15) is 0 Å². The van der Waals surface area contributed by atoms with Gasteiger partial charge in [-0.25, -0.2) is 4.98 Å². The molecule has 2 atom stereocenters. The molecule has 6 nitrogen and oxygen atoms in total. The van der Waals surface area contributed by atoms with E-state index in [1.807, 2.05) is 12.1 Å². The van der Waals surface area contributed by atoms with Gasteiger partial charge in [-0.1, -0.05) is 11.6 Å². The maximum Gasteiger partial charge on any atom is 0.225 e. The second-order valence-electron chi connectivity index (χ2n) is 9.34. The van der Waals surface area contributed by atoms with Crippen molar-refractivity contribution < 1.29 is 9.53 Å². The number of carbonyl (C=O) groups is 1. The Morgan fingerprint density at radius 2 is 1.73 bits per heavy atom. The van der Waals surface area contributed by atoms with Gasteiger partial charge in [0.1, 0.15) is 5.82 Å². The molecular formula is C23H35ClN4O2. The van der Waals surface area contributed by atoms with Crippen LogP contribution in [0.3, 0.4) is 0 Å². The summed E-state index contributed by atoms with van der Waals surface area (Å²) in [5, 5.41) is 0.657. The van der Waals surface area contributed by atoms with Crippen LogP contribution in [0.4, 0.5) is 5.82 Å². The zero-order valence-electron chi connectivity index (χ0n) is 18.3. The SMILES string of the molecule is CC1CN(CC2CCN(C(=O)C3CCN(c4ccc(Cl)cn4)CC3)CC2)CC(C)O1. The van der Waals surface area contributed by atoms with Crippen molar-refractivity contribution in [1.82, 2.24) is 14.8 Å². The van der Waals surface area contributed by atoms with E-state index in [4.69, 9.17) is 16.3 Å². The standard InChI is InChI=1S/C23H35ClN4O2/c1-17-14-26(15-18(2)30-17)16-19-5-9-28(10-6-19)23(29)20-7-11-27(12-8-20)22-4-3-21(24)13-25-22/h3-4,13,17-20H,5-12,14-16H2,1-2H3. The lowest BCUT2D eigenvalue weighted by Gasteiger charge is -2.40. The number of pyridine rings is 1. The topological polar surface area (TPSA) is 48.9 Å². The third-order valence-corrected chi connectivity index (χ3v) is 7.04. The number of hydrogen-bond donors (Lipinski definition) is 0. The highest BCUT2D eigenvalue weighted by molar-refractivity contribution is 6.30. The molecule has 7 heteroatoms. The van der Waals surface area contributed by atoms with Crippen molar-refractivity contribution in [3.8, 4) is 0 Å². The molecule has 0 radical (unpaired) electrons. The number of halogens is 1. The molecule has 0 saturated carbocycles. The predicted octanol–water partition coefficient (Wildman–Crippen LogP) is 3.30. The molecule has 3 fully saturated rings. The van der Waals surface area contributed by atoms with Crippen LogP contribution in [0.2, 0.25) is 5.02 Å². The maximum absolute atomic E-state index is 13.1. The third-order valence-electron chi connectivity index (χ3n) is 6.82. The molecule has 166 valence electrons. The predicted molar refractivity (Wildman–Crippen MR) is 120 cm³/mol. The zero-order valence-corrected chi connectivity index (χ0v) is 19.1. The van der Waals surface area contributed by atoms with E-state index < -0.39 is 0 Å². The van der Waals surface area contributed by atoms with Gasteiger partial charge in [-0.15, -0.1) is 0 Å². The van der Waals surface area contributed by atoms with E-state index in [1.165, 1.54) is 0 Å². The molecule has 30 heavy (non-hydrogen) atoms. The van der Waals surface area contributed by atoms with E-state index in [0.717, 1.165) is 77.3 Å². The third kappa shape index (κ3) is 5.45. The van der Waals surface area contributed by atoms with E-state index >= 15 is 0 Å². The van der Waals surface area contributed by atoms with Crippen LogP contribution in [-0.4, -0.2) is 78.7 Å². The Morgan fingerprint density at radius 1 is 1.07 bits per heavy atom. The van der Waals surface area contributed by atoms with E-state index in [0.29, 0.717) is 29.1 Å². The average molecular weight is 435 g/mol. The summed E-state index contributed by atoms with van der Waals surface area (Å²) < 4.78 is 5.85. The Labute approximate surface area is 185 Å². The number of anilines is 1. The summed E-state index contributed by atoms with van der Waals surface area (Å²) in [6.07, 6.45) is 6.41. The number of morpholine rings is 1. The minimum Gasteiger partial charge on any atom is -0.373 e. The molecule has 2 unspecified atom stereocenters. The first kappa shape index (κ1) is 21.8. The number of amides is 1. The van der Waals surface area contributed by atoms with Gasteiger partial charge in [0.2, 0.25) is 5.91 Å². The van der Waals surface area contributed by atoms with Crippen LogP contribution in [0.15, 0.2) is 18.3 Å². The zero-order chi connectivity index (χ0) is 21.1. The molecule has 1 aromatic heterocycles. The number of likely N-dealkylation sites (tertiary alicyclic amines) is 1. The number of rotatable bonds is 4. The van der Waals surface area contributed by atoms with Crippen molar-refractivity contribution in [3.05, 3.63) is 23.4 Å². The van der Waals surface area contributed by atoms with Crippen LogP contribution in [0.1, 0.15) is 39.5 Å². The maximum atomic E-state index is 13.1. The lowest BCUT2D eigenvalue weighted by molar-refractivity contribution is -0.137. The molecule has 0 aliphatic carbocycles. The lowest BCUT2D eigenvalue weighted by atomic mass is 9.91. The van der Waals surface area contributed by atoms with Crippen LogP contribution in [0, 0.1) is 11.8 Å². The molecular weight excluding hydrogens is 400 g/mol. The Hall–Kier alpha value is -1.37. The number of aromatic nitrogens is 1. The molecule has 3 saturated heterocycles. The first-order valence-corrected chi connectivity index (χ1v) is 11.9. The van der Waals surface area contributed by atoms with E-state index in [9.17, 15) is 4.79 Å². The molecule has 0 N–H and O–H groups in total. The summed E-state index contributed by atoms with van der Waals surface area (Å²) in [5.74, 6) is 2.18. The molecule has 1 aromatic rings. The van der Waals surface area contributed by atoms with Crippen LogP contribution in [0.5, 0.6) is 0 Å². The van der Waals surface area contributed by atoms with E-state index in [1.54, 1.807) is 6.20 Å². The fourth-order valence-electron chi connectivity index (χ4n) is 5.30. The highest BCUT2D eigenvalue weighted by Crippen LogP contribution is 2.27. The van der Waals surface area contributed by atoms with Gasteiger partial charge in [0.15, 0.2) is 0 Å². The normalized spacial score (nSPS) is 27.4. The van der Waals surface area contributed by atoms with E-state index in [-0.39, 0.29) is 5.92 Å². The van der Waals surface area contributed by atoms with Gasteiger partial charge in [-0.05, 0) is 57.6 Å². The summed E-state index contributed by atoms with van der Waals surface area (Å²) >= 11 is 5.94. The first-order valence-electron chi connectivity index (χ1n) is 11.5. The second-order valence-corrected chi connectivity index (χ2v) is 9.78. The monoisotopic (exact) mass is 434 g/mol. The Morgan fingerprint density at radius 3 is 2.33 bits per heavy atom. The van der Waals surface area contributed by atoms with Crippen molar-refractivity contribution in [1.29, 1.82) is 0 Å². The molecule has 3 aliphatic rings. The largest absolute Gasteiger partial charge is 0.373 e. The molecule has 0 bridgehead atoms. The van der Waals surface area contributed by atoms with Gasteiger partial charge < -0.3 is 14.5 Å². The van der Waals surface area contributed by atoms with Crippen LogP contribution in [0.25, 0.3) is 0 Å². The van der Waals surface area contributed by atoms with Crippen LogP contribution in [-0.2, 0) is 9.53 Å². The summed E-state index contributed by atoms with van der Waals surface area (Å²) in [6, 6.07) is 3.84. The fraction of sp³-hybridized carbons (Fsp3) is 0.739. The molecule has 4 heterocycles. The van der Waals surface area contributed by atoms with Crippen LogP contribution < -0.4 is 4.90 Å². The Kier molecular flexibility index (Phi) is 7.16. The smallest absolute Gasteiger partial charge is 0.225 e. The molecule has 3 aliphatic heterocycles. The first-order chi connectivity index (χ1) is 14.5. The summed E-state index contributed by atoms with van der Waals surface area (Å²) in [6.45, 7) is 11.1. The Balaban J connectivity index is 1.20. The number of ether oxygens (including phenoxy) is 1. The molecule has 0 spiro atoms. The summed E-state index contributed by atoms with van der Waals surface area (Å²) in [4.78, 5) is 24.4. The lowest BCUT2D eigenvalue weighted by Crippen LogP contribution is -2.49. The highest BCUT2D eigenvalue weighted by Gasteiger charge is 2.32. The summed E-state index contributed by atoms with van der Waals surface area (Å²) in [5.41, 5.74) is 0. The van der Waals surface area contributed by atoms with Gasteiger partial charge in [-0.3, -0.25) is 9.69 Å². The van der Waals surface area contributed by atoms with Gasteiger partial charge >= 0.3 is 0 Å². The molecule has 4 rings (SSSR count). The second kappa shape index (κ2) is 9.84. The van der Waals surface area contributed by atoms with Gasteiger partial charge in [0, 0.05) is 57.9 Å². The van der Waals surface area contributed by atoms with Crippen molar-refractivity contribution in [2.45, 2.75) is 51.7 Å². The number of hydrogen-bond acceptors (Lipinski definition) is 5. The minimum atomic E-state index is 0.158. The summed E-state index contributed by atoms with van der Waals surface area (Å²) in [7, 11) is 0. The van der Waals surface area contributed by atoms with Crippen molar-refractivity contribution >= 4 is 23.3 Å². The van der Waals surface area contributed by atoms with Crippen molar-refractivity contribution in [2.75, 3.05) is 50.7 Å². The molecule has 0 aromatic carbocycles. The molecule has 1 amide bonds. The highest BCUT2D eigenvalue weighted by atomic mass is 35.5. The average Bonchev–Trinajstić information content (AvgIpc) is 2.74. The number of nitrogens with zero attached hydrogens (tertiary/aromatic N) is 4. The van der Waals surface area contributed by atoms with Crippen LogP contribution >= 0.6 is 11.6 Å². The van der Waals surface area contributed by atoms with Gasteiger partial charge in [0.25, 0.3) is 0 Å². The number of carbonyl (C=O) groups excluding carboxylic acids is 1. The minimum absolute atomic E-state index is 0.158. The van der Waals surface area contributed by atoms with Crippen molar-refractivity contribution in [2.24, 2.45) is 11.8 Å². The number of piperidine rings is 2. The van der Waals surface area contributed by atoms with E-state index in [2.05, 4.69) is 33.5 Å². The van der Waals surface area contributed by atoms with Crippen molar-refractivity contribution in [3.63, 3.8) is 0 Å². The fourth-order valence-corrected chi connectivity index (χ4v) is 5.42. The quantitative estimate of drug-likeness (QED) is 0.727. The Bertz CT molecular complexity index is 690. The van der Waals surface area contributed by atoms with Gasteiger partial charge in [0.05, 0.1) is 17.2 Å².